The molecule has 0 saturated carbocycles. The van der Waals surface area contributed by atoms with Gasteiger partial charge in [0.1, 0.15) is 0 Å². The van der Waals surface area contributed by atoms with Crippen LogP contribution < -0.4 is 10.9 Å². The predicted molar refractivity (Wildman–Crippen MR) is 74.5 cm³/mol. The van der Waals surface area contributed by atoms with E-state index in [1.54, 1.807) is 12.1 Å². The number of carbonyl (C=O) groups excluding carboxylic acids is 1. The lowest BCUT2D eigenvalue weighted by atomic mass is 10.1. The molecule has 0 aliphatic heterocycles. The van der Waals surface area contributed by atoms with Crippen molar-refractivity contribution in [3.8, 4) is 0 Å². The van der Waals surface area contributed by atoms with E-state index in [2.05, 4.69) is 5.32 Å². The molecule has 4 nitrogen and oxygen atoms in total. The van der Waals surface area contributed by atoms with Gasteiger partial charge in [-0.3, -0.25) is 9.59 Å². The molecule has 0 bridgehead atoms. The normalized spacial score (nSPS) is 11.2. The summed E-state index contributed by atoms with van der Waals surface area (Å²) in [4.78, 5) is 23.3. The molecule has 0 aliphatic rings. The van der Waals surface area contributed by atoms with E-state index in [-0.39, 0.29) is 18.6 Å². The molecule has 1 aromatic heterocycles. The van der Waals surface area contributed by atoms with E-state index in [0.29, 0.717) is 0 Å². The first-order valence-corrected chi connectivity index (χ1v) is 6.49. The standard InChI is InChI=1S/C15H13F3N2O2/c16-15(17,18)12-6-2-1-5-11(12)14(22)19-8-10-20-9-4-3-7-13(20)21/h1-7,9H,8,10H2,(H,19,22). The lowest BCUT2D eigenvalue weighted by Gasteiger charge is -2.13. The van der Waals surface area contributed by atoms with Crippen LogP contribution in [0.3, 0.4) is 0 Å². The number of aromatic nitrogens is 1. The summed E-state index contributed by atoms with van der Waals surface area (Å²) in [6.45, 7) is 0.231. The number of nitrogens with zero attached hydrogens (tertiary/aromatic N) is 1. The molecule has 22 heavy (non-hydrogen) atoms. The molecule has 7 heteroatoms. The van der Waals surface area contributed by atoms with Crippen molar-refractivity contribution >= 4 is 5.91 Å². The molecule has 2 aromatic rings. The van der Waals surface area contributed by atoms with Gasteiger partial charge in [-0.25, -0.2) is 0 Å². The molecule has 1 N–H and O–H groups in total. The number of carbonyl (C=O) groups is 1. The van der Waals surface area contributed by atoms with Crippen molar-refractivity contribution in [1.29, 1.82) is 0 Å². The molecule has 0 spiro atoms. The molecular formula is C15H13F3N2O2. The second-order valence-electron chi connectivity index (χ2n) is 4.53. The monoisotopic (exact) mass is 310 g/mol. The molecule has 0 saturated heterocycles. The second kappa shape index (κ2) is 6.46. The number of hydrogen-bond acceptors (Lipinski definition) is 2. The summed E-state index contributed by atoms with van der Waals surface area (Å²) in [6.07, 6.45) is -3.05. The van der Waals surface area contributed by atoms with Crippen LogP contribution in [0.2, 0.25) is 0 Å². The average Bonchev–Trinajstić information content (AvgIpc) is 2.48. The fourth-order valence-corrected chi connectivity index (χ4v) is 1.96. The molecule has 2 rings (SSSR count). The Morgan fingerprint density at radius 2 is 1.77 bits per heavy atom. The van der Waals surface area contributed by atoms with Gasteiger partial charge in [-0.05, 0) is 18.2 Å². The Labute approximate surface area is 124 Å². The van der Waals surface area contributed by atoms with Gasteiger partial charge in [0.2, 0.25) is 0 Å². The molecule has 1 heterocycles. The van der Waals surface area contributed by atoms with Crippen LogP contribution in [0.1, 0.15) is 15.9 Å². The molecule has 1 aromatic carbocycles. The SMILES string of the molecule is O=C(NCCn1ccccc1=O)c1ccccc1C(F)(F)F. The fraction of sp³-hybridized carbons (Fsp3) is 0.200. The molecule has 0 atom stereocenters. The van der Waals surface area contributed by atoms with Crippen molar-refractivity contribution in [1.82, 2.24) is 9.88 Å². The Morgan fingerprint density at radius 1 is 1.09 bits per heavy atom. The summed E-state index contributed by atoms with van der Waals surface area (Å²) in [5, 5.41) is 2.39. The zero-order valence-corrected chi connectivity index (χ0v) is 11.4. The van der Waals surface area contributed by atoms with Crippen LogP contribution in [0.4, 0.5) is 13.2 Å². The molecule has 0 unspecified atom stereocenters. The number of alkyl halides is 3. The van der Waals surface area contributed by atoms with E-state index >= 15 is 0 Å². The summed E-state index contributed by atoms with van der Waals surface area (Å²) in [7, 11) is 0. The first kappa shape index (κ1) is 15.8. The van der Waals surface area contributed by atoms with Crippen molar-refractivity contribution in [2.24, 2.45) is 0 Å². The number of rotatable bonds is 4. The van der Waals surface area contributed by atoms with Crippen LogP contribution in [-0.2, 0) is 12.7 Å². The summed E-state index contributed by atoms with van der Waals surface area (Å²) in [6, 6.07) is 9.17. The van der Waals surface area contributed by atoms with E-state index in [0.717, 1.165) is 12.1 Å². The van der Waals surface area contributed by atoms with Crippen LogP contribution in [0.5, 0.6) is 0 Å². The van der Waals surface area contributed by atoms with Gasteiger partial charge in [-0.1, -0.05) is 18.2 Å². The molecule has 1 amide bonds. The highest BCUT2D eigenvalue weighted by atomic mass is 19.4. The summed E-state index contributed by atoms with van der Waals surface area (Å²) in [5.74, 6) is -0.822. The highest BCUT2D eigenvalue weighted by Gasteiger charge is 2.34. The van der Waals surface area contributed by atoms with E-state index in [1.165, 1.54) is 29.0 Å². The summed E-state index contributed by atoms with van der Waals surface area (Å²) >= 11 is 0. The van der Waals surface area contributed by atoms with E-state index in [4.69, 9.17) is 0 Å². The number of halogens is 3. The largest absolute Gasteiger partial charge is 0.417 e. The van der Waals surface area contributed by atoms with E-state index in [9.17, 15) is 22.8 Å². The fourth-order valence-electron chi connectivity index (χ4n) is 1.96. The van der Waals surface area contributed by atoms with Gasteiger partial charge >= 0.3 is 6.18 Å². The Morgan fingerprint density at radius 3 is 2.45 bits per heavy atom. The van der Waals surface area contributed by atoms with Gasteiger partial charge in [-0.15, -0.1) is 0 Å². The van der Waals surface area contributed by atoms with Gasteiger partial charge < -0.3 is 9.88 Å². The highest BCUT2D eigenvalue weighted by molar-refractivity contribution is 5.95. The van der Waals surface area contributed by atoms with Crippen LogP contribution >= 0.6 is 0 Å². The Balaban J connectivity index is 2.05. The predicted octanol–water partition coefficient (Wildman–Crippen LogP) is 2.30. The molecular weight excluding hydrogens is 297 g/mol. The molecule has 0 fully saturated rings. The third kappa shape index (κ3) is 3.75. The minimum Gasteiger partial charge on any atom is -0.350 e. The average molecular weight is 310 g/mol. The van der Waals surface area contributed by atoms with Crippen molar-refractivity contribution in [3.63, 3.8) is 0 Å². The second-order valence-corrected chi connectivity index (χ2v) is 4.53. The van der Waals surface area contributed by atoms with Crippen LogP contribution in [0.15, 0.2) is 53.5 Å². The van der Waals surface area contributed by atoms with E-state index in [1.807, 2.05) is 0 Å². The maximum atomic E-state index is 12.8. The Kier molecular flexibility index (Phi) is 4.65. The van der Waals surface area contributed by atoms with Crippen molar-refractivity contribution < 1.29 is 18.0 Å². The van der Waals surface area contributed by atoms with Gasteiger partial charge in [0, 0.05) is 25.4 Å². The van der Waals surface area contributed by atoms with Gasteiger partial charge in [-0.2, -0.15) is 13.2 Å². The molecule has 0 radical (unpaired) electrons. The number of hydrogen-bond donors (Lipinski definition) is 1. The molecule has 0 aliphatic carbocycles. The van der Waals surface area contributed by atoms with E-state index < -0.39 is 23.2 Å². The lowest BCUT2D eigenvalue weighted by Crippen LogP contribution is -2.31. The molecule has 116 valence electrons. The van der Waals surface area contributed by atoms with Crippen molar-refractivity contribution in [3.05, 3.63) is 70.1 Å². The van der Waals surface area contributed by atoms with Crippen LogP contribution in [-0.4, -0.2) is 17.0 Å². The summed E-state index contributed by atoms with van der Waals surface area (Å²) in [5.41, 5.74) is -1.66. The summed E-state index contributed by atoms with van der Waals surface area (Å²) < 4.78 is 39.8. The first-order chi connectivity index (χ1) is 10.4. The Hall–Kier alpha value is -2.57. The topological polar surface area (TPSA) is 51.1 Å². The minimum absolute atomic E-state index is 0.0505. The van der Waals surface area contributed by atoms with Crippen molar-refractivity contribution in [2.45, 2.75) is 12.7 Å². The maximum absolute atomic E-state index is 12.8. The van der Waals surface area contributed by atoms with Crippen molar-refractivity contribution in [2.75, 3.05) is 6.54 Å². The first-order valence-electron chi connectivity index (χ1n) is 6.49. The Bertz CT molecular complexity index is 723. The lowest BCUT2D eigenvalue weighted by molar-refractivity contribution is -0.137. The van der Waals surface area contributed by atoms with Gasteiger partial charge in [0.25, 0.3) is 11.5 Å². The quantitative estimate of drug-likeness (QED) is 0.942. The number of pyridine rings is 1. The minimum atomic E-state index is -4.59. The smallest absolute Gasteiger partial charge is 0.350 e. The third-order valence-corrected chi connectivity index (χ3v) is 3.01. The maximum Gasteiger partial charge on any atom is 0.417 e. The highest BCUT2D eigenvalue weighted by Crippen LogP contribution is 2.31. The zero-order chi connectivity index (χ0) is 16.2. The van der Waals surface area contributed by atoms with Crippen LogP contribution in [0.25, 0.3) is 0 Å². The third-order valence-electron chi connectivity index (χ3n) is 3.01. The number of amides is 1. The number of nitrogens with one attached hydrogen (secondary N) is 1. The van der Waals surface area contributed by atoms with Crippen LogP contribution in [0, 0.1) is 0 Å². The van der Waals surface area contributed by atoms with Gasteiger partial charge in [0.05, 0.1) is 11.1 Å². The van der Waals surface area contributed by atoms with Gasteiger partial charge in [0.15, 0.2) is 0 Å². The number of benzene rings is 1. The zero-order valence-electron chi connectivity index (χ0n) is 11.4.